The van der Waals surface area contributed by atoms with Gasteiger partial charge in [-0.05, 0) is 24.3 Å². The molecular weight excluding hydrogens is 420 g/mol. The molecule has 2 aliphatic rings. The van der Waals surface area contributed by atoms with Crippen LogP contribution in [-0.4, -0.2) is 54.2 Å². The Labute approximate surface area is 172 Å². The van der Waals surface area contributed by atoms with Crippen molar-refractivity contribution >= 4 is 39.1 Å². The number of rotatable bonds is 6. The van der Waals surface area contributed by atoms with Crippen LogP contribution in [0.3, 0.4) is 0 Å². The van der Waals surface area contributed by atoms with Crippen molar-refractivity contribution in [3.63, 3.8) is 0 Å². The van der Waals surface area contributed by atoms with Crippen LogP contribution < -0.4 is 9.64 Å². The summed E-state index contributed by atoms with van der Waals surface area (Å²) in [7, 11) is -3.65. The summed E-state index contributed by atoms with van der Waals surface area (Å²) in [5, 5.41) is 0.223. The van der Waals surface area contributed by atoms with E-state index in [1.807, 2.05) is 0 Å². The van der Waals surface area contributed by atoms with Crippen LogP contribution in [0.1, 0.15) is 12.8 Å². The number of hydrogen-bond donors (Lipinski definition) is 0. The fourth-order valence-electron chi connectivity index (χ4n) is 3.20. The Morgan fingerprint density at radius 2 is 1.72 bits per heavy atom. The number of carbonyl (C=O) groups is 2. The second kappa shape index (κ2) is 7.69. The Morgan fingerprint density at radius 3 is 2.34 bits per heavy atom. The first-order chi connectivity index (χ1) is 13.8. The Morgan fingerprint density at radius 1 is 1.07 bits per heavy atom. The number of nitrogens with zero attached hydrogens (tertiary/aromatic N) is 4. The summed E-state index contributed by atoms with van der Waals surface area (Å²) in [6.07, 6.45) is 3.19. The van der Waals surface area contributed by atoms with Crippen LogP contribution in [-0.2, 0) is 19.6 Å². The van der Waals surface area contributed by atoms with Gasteiger partial charge in [0.05, 0.1) is 29.6 Å². The second-order valence-corrected chi connectivity index (χ2v) is 9.12. The molecule has 1 aromatic heterocycles. The average molecular weight is 437 g/mol. The summed E-state index contributed by atoms with van der Waals surface area (Å²) >= 11 is 5.75. The Kier molecular flexibility index (Phi) is 5.24. The van der Waals surface area contributed by atoms with Gasteiger partial charge in [0.1, 0.15) is 0 Å². The number of ether oxygens (including phenoxy) is 1. The first-order valence-corrected chi connectivity index (χ1v) is 10.7. The minimum Gasteiger partial charge on any atom is -0.476 e. The van der Waals surface area contributed by atoms with Gasteiger partial charge in [0, 0.05) is 31.8 Å². The standard InChI is InChI=1S/C18H17ClN4O5S/c19-15-7-20-8-16(21-15)28-11-12-9-22(10-12)29(26,27)14-3-1-13(2-4-14)23-17(24)5-6-18(23)25/h1-4,7-8,12H,5-6,9-11H2. The number of carbonyl (C=O) groups excluding carboxylic acids is 2. The number of hydrogen-bond acceptors (Lipinski definition) is 7. The molecule has 0 bridgehead atoms. The molecule has 4 rings (SSSR count). The van der Waals surface area contributed by atoms with E-state index in [4.69, 9.17) is 16.3 Å². The van der Waals surface area contributed by atoms with Gasteiger partial charge < -0.3 is 4.74 Å². The highest BCUT2D eigenvalue weighted by Gasteiger charge is 2.37. The fraction of sp³-hybridized carbons (Fsp3) is 0.333. The Balaban J connectivity index is 1.36. The molecular formula is C18H17ClN4O5S. The molecule has 2 aliphatic heterocycles. The van der Waals surface area contributed by atoms with Gasteiger partial charge in [-0.2, -0.15) is 9.29 Å². The van der Waals surface area contributed by atoms with Crippen molar-refractivity contribution in [3.05, 3.63) is 41.8 Å². The lowest BCUT2D eigenvalue weighted by Crippen LogP contribution is -2.51. The zero-order valence-corrected chi connectivity index (χ0v) is 16.8. The largest absolute Gasteiger partial charge is 0.476 e. The predicted octanol–water partition coefficient (Wildman–Crippen LogP) is 1.48. The van der Waals surface area contributed by atoms with Crippen LogP contribution in [0.4, 0.5) is 5.69 Å². The van der Waals surface area contributed by atoms with Crippen molar-refractivity contribution < 1.29 is 22.7 Å². The molecule has 0 spiro atoms. The molecule has 2 aromatic rings. The first kappa shape index (κ1) is 19.7. The molecule has 11 heteroatoms. The third-order valence-electron chi connectivity index (χ3n) is 4.76. The number of amides is 2. The van der Waals surface area contributed by atoms with E-state index in [2.05, 4.69) is 9.97 Å². The molecule has 2 saturated heterocycles. The maximum atomic E-state index is 12.7. The number of sulfonamides is 1. The summed E-state index contributed by atoms with van der Waals surface area (Å²) in [6.45, 7) is 0.946. The molecule has 2 fully saturated rings. The van der Waals surface area contributed by atoms with Gasteiger partial charge in [0.2, 0.25) is 27.7 Å². The topological polar surface area (TPSA) is 110 Å². The van der Waals surface area contributed by atoms with Gasteiger partial charge in [-0.1, -0.05) is 11.6 Å². The van der Waals surface area contributed by atoms with Gasteiger partial charge in [0.15, 0.2) is 5.15 Å². The van der Waals surface area contributed by atoms with E-state index in [1.54, 1.807) is 0 Å². The van der Waals surface area contributed by atoms with Gasteiger partial charge in [-0.15, -0.1) is 0 Å². The predicted molar refractivity (Wildman–Crippen MR) is 103 cm³/mol. The van der Waals surface area contributed by atoms with E-state index in [9.17, 15) is 18.0 Å². The Bertz CT molecular complexity index is 1040. The zero-order valence-electron chi connectivity index (χ0n) is 15.2. The van der Waals surface area contributed by atoms with Crippen molar-refractivity contribution in [2.45, 2.75) is 17.7 Å². The van der Waals surface area contributed by atoms with Crippen molar-refractivity contribution in [1.82, 2.24) is 14.3 Å². The molecule has 0 radical (unpaired) electrons. The van der Waals surface area contributed by atoms with Crippen LogP contribution in [0, 0.1) is 5.92 Å². The van der Waals surface area contributed by atoms with Gasteiger partial charge in [-0.3, -0.25) is 19.5 Å². The van der Waals surface area contributed by atoms with E-state index < -0.39 is 10.0 Å². The lowest BCUT2D eigenvalue weighted by atomic mass is 10.1. The molecule has 3 heterocycles. The average Bonchev–Trinajstić information content (AvgIpc) is 2.99. The summed E-state index contributed by atoms with van der Waals surface area (Å²) in [6, 6.07) is 5.78. The highest BCUT2D eigenvalue weighted by atomic mass is 35.5. The first-order valence-electron chi connectivity index (χ1n) is 8.91. The second-order valence-electron chi connectivity index (χ2n) is 6.80. The quantitative estimate of drug-likeness (QED) is 0.631. The number of halogens is 1. The molecule has 1 aromatic carbocycles. The molecule has 0 N–H and O–H groups in total. The fourth-order valence-corrected chi connectivity index (χ4v) is 4.94. The molecule has 29 heavy (non-hydrogen) atoms. The van der Waals surface area contributed by atoms with Crippen molar-refractivity contribution in [3.8, 4) is 5.88 Å². The zero-order chi connectivity index (χ0) is 20.6. The minimum absolute atomic E-state index is 0.0321. The number of aromatic nitrogens is 2. The van der Waals surface area contributed by atoms with Crippen LogP contribution >= 0.6 is 11.6 Å². The number of imide groups is 1. The van der Waals surface area contributed by atoms with Crippen molar-refractivity contribution in [2.24, 2.45) is 5.92 Å². The van der Waals surface area contributed by atoms with Crippen molar-refractivity contribution in [2.75, 3.05) is 24.6 Å². The highest BCUT2D eigenvalue weighted by Crippen LogP contribution is 2.28. The molecule has 2 amide bonds. The van der Waals surface area contributed by atoms with E-state index >= 15 is 0 Å². The molecule has 0 aliphatic carbocycles. The maximum absolute atomic E-state index is 12.7. The number of benzene rings is 1. The maximum Gasteiger partial charge on any atom is 0.243 e. The summed E-state index contributed by atoms with van der Waals surface area (Å²) in [5.41, 5.74) is 0.383. The van der Waals surface area contributed by atoms with Crippen LogP contribution in [0.2, 0.25) is 5.15 Å². The normalized spacial score (nSPS) is 18.2. The molecule has 9 nitrogen and oxygen atoms in total. The van der Waals surface area contributed by atoms with Crippen LogP contribution in [0.25, 0.3) is 0 Å². The van der Waals surface area contributed by atoms with Crippen molar-refractivity contribution in [1.29, 1.82) is 0 Å². The van der Waals surface area contributed by atoms with E-state index in [-0.39, 0.29) is 40.6 Å². The third kappa shape index (κ3) is 3.96. The SMILES string of the molecule is O=C1CCC(=O)N1c1ccc(S(=O)(=O)N2CC(COc3cncc(Cl)n3)C2)cc1. The minimum atomic E-state index is -3.65. The summed E-state index contributed by atoms with van der Waals surface area (Å²) in [5.74, 6) is -0.230. The lowest BCUT2D eigenvalue weighted by molar-refractivity contribution is -0.121. The van der Waals surface area contributed by atoms with Crippen LogP contribution in [0.15, 0.2) is 41.6 Å². The highest BCUT2D eigenvalue weighted by molar-refractivity contribution is 7.89. The monoisotopic (exact) mass is 436 g/mol. The number of anilines is 1. The molecule has 152 valence electrons. The third-order valence-corrected chi connectivity index (χ3v) is 6.79. The summed E-state index contributed by atoms with van der Waals surface area (Å²) < 4.78 is 32.3. The summed E-state index contributed by atoms with van der Waals surface area (Å²) in [4.78, 5) is 32.6. The van der Waals surface area contributed by atoms with Gasteiger partial charge >= 0.3 is 0 Å². The van der Waals surface area contributed by atoms with E-state index in [0.29, 0.717) is 31.3 Å². The Hall–Kier alpha value is -2.56. The van der Waals surface area contributed by atoms with E-state index in [1.165, 1.54) is 41.0 Å². The lowest BCUT2D eigenvalue weighted by Gasteiger charge is -2.37. The smallest absolute Gasteiger partial charge is 0.243 e. The van der Waals surface area contributed by atoms with Gasteiger partial charge in [0.25, 0.3) is 0 Å². The molecule has 0 unspecified atom stereocenters. The van der Waals surface area contributed by atoms with Crippen LogP contribution in [0.5, 0.6) is 5.88 Å². The van der Waals surface area contributed by atoms with Gasteiger partial charge in [-0.25, -0.2) is 8.42 Å². The molecule has 0 atom stereocenters. The molecule has 0 saturated carbocycles. The van der Waals surface area contributed by atoms with E-state index in [0.717, 1.165) is 4.90 Å².